The van der Waals surface area contributed by atoms with Gasteiger partial charge in [-0.15, -0.1) is 0 Å². The second-order valence-corrected chi connectivity index (χ2v) is 6.10. The van der Waals surface area contributed by atoms with Gasteiger partial charge in [-0.05, 0) is 6.92 Å². The molecule has 1 aliphatic rings. The normalized spacial score (nSPS) is 26.5. The van der Waals surface area contributed by atoms with Gasteiger partial charge in [-0.3, -0.25) is 9.36 Å². The molecule has 1 aliphatic heterocycles. The molecule has 3 rings (SSSR count). The summed E-state index contributed by atoms with van der Waals surface area (Å²) in [5, 5.41) is 30.1. The zero-order valence-corrected chi connectivity index (χ0v) is 14.1. The lowest BCUT2D eigenvalue weighted by Crippen LogP contribution is -2.30. The Morgan fingerprint density at radius 2 is 2.11 bits per heavy atom. The fourth-order valence-electron chi connectivity index (χ4n) is 2.68. The maximum absolute atomic E-state index is 14.4. The van der Waals surface area contributed by atoms with Gasteiger partial charge >= 0.3 is 12.1 Å². The number of halogens is 4. The van der Waals surface area contributed by atoms with Crippen molar-refractivity contribution in [3.63, 3.8) is 0 Å². The van der Waals surface area contributed by atoms with Crippen molar-refractivity contribution in [2.75, 3.05) is 11.9 Å². The van der Waals surface area contributed by atoms with Crippen LogP contribution in [0.15, 0.2) is 6.33 Å². The van der Waals surface area contributed by atoms with Gasteiger partial charge in [-0.25, -0.2) is 19.3 Å². The summed E-state index contributed by atoms with van der Waals surface area (Å²) in [7, 11) is 0. The molecule has 28 heavy (non-hydrogen) atoms. The molecule has 0 radical (unpaired) electrons. The molecule has 4 N–H and O–H groups in total. The molecular weight excluding hydrogens is 394 g/mol. The van der Waals surface area contributed by atoms with Crippen molar-refractivity contribution in [3.05, 3.63) is 12.2 Å². The third-order valence-corrected chi connectivity index (χ3v) is 4.15. The van der Waals surface area contributed by atoms with E-state index in [4.69, 9.17) is 14.9 Å². The molecule has 0 aliphatic carbocycles. The Bertz CT molecular complexity index is 891. The predicted octanol–water partition coefficient (Wildman–Crippen LogP) is 0.319. The van der Waals surface area contributed by atoms with Gasteiger partial charge in [0.15, 0.2) is 29.4 Å². The van der Waals surface area contributed by atoms with Gasteiger partial charge < -0.3 is 25.4 Å². The Kier molecular flexibility index (Phi) is 5.12. The van der Waals surface area contributed by atoms with Crippen LogP contribution in [0.1, 0.15) is 19.0 Å². The van der Waals surface area contributed by atoms with Gasteiger partial charge in [0.1, 0.15) is 18.2 Å². The van der Waals surface area contributed by atoms with E-state index >= 15 is 0 Å². The summed E-state index contributed by atoms with van der Waals surface area (Å²) >= 11 is 0. The van der Waals surface area contributed by atoms with Crippen molar-refractivity contribution < 1.29 is 42.4 Å². The molecule has 10 nitrogen and oxygen atoms in total. The van der Waals surface area contributed by atoms with E-state index in [0.29, 0.717) is 0 Å². The number of carboxylic acids is 1. The number of alkyl halides is 4. The molecule has 14 heteroatoms. The number of imidazole rings is 1. The summed E-state index contributed by atoms with van der Waals surface area (Å²) < 4.78 is 59.9. The smallest absolute Gasteiger partial charge is 0.451 e. The maximum atomic E-state index is 14.4. The topological polar surface area (TPSA) is 143 Å². The minimum Gasteiger partial charge on any atom is -0.480 e. The van der Waals surface area contributed by atoms with Gasteiger partial charge in [-0.1, -0.05) is 0 Å². The molecule has 0 aromatic carbocycles. The maximum Gasteiger partial charge on any atom is 0.451 e. The molecular formula is C14H15F4N5O5. The Morgan fingerprint density at radius 3 is 2.64 bits per heavy atom. The average Bonchev–Trinajstić information content (AvgIpc) is 3.16. The first-order chi connectivity index (χ1) is 13.0. The highest BCUT2D eigenvalue weighted by atomic mass is 19.4. The average molecular weight is 409 g/mol. The molecule has 154 valence electrons. The Balaban J connectivity index is 2.12. The number of aliphatic hydroxyl groups excluding tert-OH is 2. The number of ether oxygens (including phenoxy) is 1. The van der Waals surface area contributed by atoms with E-state index in [2.05, 4.69) is 20.3 Å². The third-order valence-electron chi connectivity index (χ3n) is 4.15. The first kappa shape index (κ1) is 20.2. The van der Waals surface area contributed by atoms with Crippen molar-refractivity contribution in [1.29, 1.82) is 0 Å². The number of carboxylic acid groups (broad SMARTS) is 1. The van der Waals surface area contributed by atoms with Crippen LogP contribution in [0, 0.1) is 0 Å². The second kappa shape index (κ2) is 7.10. The Labute approximate surface area is 153 Å². The van der Waals surface area contributed by atoms with Crippen LogP contribution in [0.4, 0.5) is 23.4 Å². The minimum atomic E-state index is -4.98. The summed E-state index contributed by atoms with van der Waals surface area (Å²) in [6.07, 6.45) is -10.7. The molecule has 0 bridgehead atoms. The number of carbonyl (C=O) groups is 1. The van der Waals surface area contributed by atoms with E-state index < -0.39 is 66.7 Å². The predicted molar refractivity (Wildman–Crippen MR) is 82.9 cm³/mol. The SMILES string of the molecule is CC(Nc1nc(C(F)(F)F)nc2c1ncn2[C@@H]1O[C@H](CO)[C@@H](O)[C@@H]1F)C(=O)O. The highest BCUT2D eigenvalue weighted by Gasteiger charge is 2.46. The Hall–Kier alpha value is -2.58. The van der Waals surface area contributed by atoms with E-state index in [1.54, 1.807) is 0 Å². The molecule has 1 fully saturated rings. The van der Waals surface area contributed by atoms with E-state index in [1.807, 2.05) is 0 Å². The molecule has 1 unspecified atom stereocenters. The fraction of sp³-hybridized carbons (Fsp3) is 0.571. The van der Waals surface area contributed by atoms with E-state index in [9.17, 15) is 27.5 Å². The van der Waals surface area contributed by atoms with E-state index in [-0.39, 0.29) is 5.52 Å². The fourth-order valence-corrected chi connectivity index (χ4v) is 2.68. The summed E-state index contributed by atoms with van der Waals surface area (Å²) in [6.45, 7) is 0.469. The van der Waals surface area contributed by atoms with Crippen LogP contribution in [0.25, 0.3) is 11.2 Å². The van der Waals surface area contributed by atoms with Crippen LogP contribution < -0.4 is 5.32 Å². The summed E-state index contributed by atoms with van der Waals surface area (Å²) in [4.78, 5) is 21.5. The third kappa shape index (κ3) is 3.45. The van der Waals surface area contributed by atoms with Crippen molar-refractivity contribution >= 4 is 23.0 Å². The van der Waals surface area contributed by atoms with Crippen LogP contribution in [0.2, 0.25) is 0 Å². The monoisotopic (exact) mass is 409 g/mol. The number of aliphatic hydroxyl groups is 2. The van der Waals surface area contributed by atoms with Crippen molar-refractivity contribution in [3.8, 4) is 0 Å². The molecule has 3 heterocycles. The number of nitrogens with one attached hydrogen (secondary N) is 1. The zero-order chi connectivity index (χ0) is 20.8. The largest absolute Gasteiger partial charge is 0.480 e. The molecule has 0 amide bonds. The number of aliphatic carboxylic acids is 1. The molecule has 2 aromatic heterocycles. The van der Waals surface area contributed by atoms with Crippen molar-refractivity contribution in [1.82, 2.24) is 19.5 Å². The number of rotatable bonds is 5. The standard InChI is InChI=1S/C14H15F4N5O5/c1-4(12(26)27)20-9-7-10(22-13(21-9)14(16,17)18)23(3-19-7)11-6(15)8(25)5(2-24)28-11/h3-6,8,11,24-25H,2H2,1H3,(H,26,27)(H,20,21,22)/t4?,5-,6+,8-,11-/m1/s1. The lowest BCUT2D eigenvalue weighted by molar-refractivity contribution is -0.144. The number of aromatic nitrogens is 4. The van der Waals surface area contributed by atoms with Gasteiger partial charge in [0.2, 0.25) is 5.82 Å². The quantitative estimate of drug-likeness (QED) is 0.514. The number of hydrogen-bond acceptors (Lipinski definition) is 8. The van der Waals surface area contributed by atoms with Crippen LogP contribution in [-0.2, 0) is 15.7 Å². The Morgan fingerprint density at radius 1 is 1.43 bits per heavy atom. The molecule has 1 saturated heterocycles. The van der Waals surface area contributed by atoms with E-state index in [0.717, 1.165) is 10.9 Å². The summed E-state index contributed by atoms with van der Waals surface area (Å²) in [5.74, 6) is -3.47. The van der Waals surface area contributed by atoms with Gasteiger partial charge in [0.05, 0.1) is 12.9 Å². The number of hydrogen-bond donors (Lipinski definition) is 4. The van der Waals surface area contributed by atoms with Crippen molar-refractivity contribution in [2.45, 2.75) is 43.7 Å². The molecule has 5 atom stereocenters. The second-order valence-electron chi connectivity index (χ2n) is 6.10. The van der Waals surface area contributed by atoms with Gasteiger partial charge in [-0.2, -0.15) is 13.2 Å². The highest BCUT2D eigenvalue weighted by molar-refractivity contribution is 5.86. The lowest BCUT2D eigenvalue weighted by atomic mass is 10.1. The summed E-state index contributed by atoms with van der Waals surface area (Å²) in [5.41, 5.74) is -0.736. The highest BCUT2D eigenvalue weighted by Crippen LogP contribution is 2.36. The minimum absolute atomic E-state index is 0.251. The molecule has 0 spiro atoms. The van der Waals surface area contributed by atoms with Crippen molar-refractivity contribution in [2.24, 2.45) is 0 Å². The number of anilines is 1. The molecule has 2 aromatic rings. The summed E-state index contributed by atoms with van der Waals surface area (Å²) in [6, 6.07) is -1.30. The lowest BCUT2D eigenvalue weighted by Gasteiger charge is -2.17. The van der Waals surface area contributed by atoms with Crippen LogP contribution in [0.3, 0.4) is 0 Å². The molecule has 0 saturated carbocycles. The van der Waals surface area contributed by atoms with Gasteiger partial charge in [0, 0.05) is 0 Å². The van der Waals surface area contributed by atoms with E-state index in [1.165, 1.54) is 6.92 Å². The van der Waals surface area contributed by atoms with Crippen LogP contribution in [-0.4, -0.2) is 71.8 Å². The van der Waals surface area contributed by atoms with Gasteiger partial charge in [0.25, 0.3) is 0 Å². The van der Waals surface area contributed by atoms with Crippen LogP contribution >= 0.6 is 0 Å². The van der Waals surface area contributed by atoms with Crippen LogP contribution in [0.5, 0.6) is 0 Å². The first-order valence-corrected chi connectivity index (χ1v) is 7.94. The first-order valence-electron chi connectivity index (χ1n) is 7.94. The number of fused-ring (bicyclic) bond motifs is 1. The zero-order valence-electron chi connectivity index (χ0n) is 14.1. The number of nitrogens with zero attached hydrogens (tertiary/aromatic N) is 4.